The van der Waals surface area contributed by atoms with Crippen LogP contribution in [0.5, 0.6) is 17.2 Å². The number of aromatic nitrogens is 2. The van der Waals surface area contributed by atoms with Gasteiger partial charge in [0.05, 0.1) is 17.3 Å². The second kappa shape index (κ2) is 3.80. The number of H-pyrrole nitrogens is 1. The third-order valence-corrected chi connectivity index (χ3v) is 2.69. The monoisotopic (exact) mass is 251 g/mol. The summed E-state index contributed by atoms with van der Waals surface area (Å²) in [6.45, 7) is 0.653. The Hall–Kier alpha value is -2.44. The zero-order valence-corrected chi connectivity index (χ0v) is 9.24. The molecular formula is C11H10FN3O3. The number of halogens is 1. The number of hydrogen-bond acceptors (Lipinski definition) is 5. The molecule has 6 nitrogen and oxygen atoms in total. The van der Waals surface area contributed by atoms with Gasteiger partial charge in [-0.05, 0) is 0 Å². The van der Waals surface area contributed by atoms with Crippen LogP contribution in [-0.2, 0) is 0 Å². The molecule has 1 aliphatic heterocycles. The summed E-state index contributed by atoms with van der Waals surface area (Å²) in [5.41, 5.74) is 6.04. The predicted molar refractivity (Wildman–Crippen MR) is 61.0 cm³/mol. The van der Waals surface area contributed by atoms with Gasteiger partial charge in [0.25, 0.3) is 0 Å². The van der Waals surface area contributed by atoms with Crippen molar-refractivity contribution in [1.82, 2.24) is 10.2 Å². The maximum atomic E-state index is 14.1. The van der Waals surface area contributed by atoms with Crippen LogP contribution < -0.4 is 15.2 Å². The molecule has 18 heavy (non-hydrogen) atoms. The first kappa shape index (κ1) is 10.7. The molecule has 2 heterocycles. The lowest BCUT2D eigenvalue weighted by molar-refractivity contribution is 0.170. The van der Waals surface area contributed by atoms with Crippen LogP contribution in [0.25, 0.3) is 11.1 Å². The number of aromatic hydroxyl groups is 1. The number of phenols is 1. The van der Waals surface area contributed by atoms with Crippen molar-refractivity contribution in [3.63, 3.8) is 0 Å². The van der Waals surface area contributed by atoms with Crippen LogP contribution in [0.4, 0.5) is 10.2 Å². The molecule has 94 valence electrons. The summed E-state index contributed by atoms with van der Waals surface area (Å²) in [7, 11) is 0. The molecule has 0 atom stereocenters. The maximum Gasteiger partial charge on any atom is 0.176 e. The van der Waals surface area contributed by atoms with Gasteiger partial charge in [0, 0.05) is 6.07 Å². The van der Waals surface area contributed by atoms with E-state index in [1.807, 2.05) is 0 Å². The van der Waals surface area contributed by atoms with E-state index in [4.69, 9.17) is 15.2 Å². The normalized spacial score (nSPS) is 13.6. The number of aromatic amines is 1. The molecule has 0 unspecified atom stereocenters. The summed E-state index contributed by atoms with van der Waals surface area (Å²) in [6.07, 6.45) is 1.37. The van der Waals surface area contributed by atoms with E-state index in [2.05, 4.69) is 10.2 Å². The Bertz CT molecular complexity index is 612. The number of nitrogens with one attached hydrogen (secondary N) is 1. The smallest absolute Gasteiger partial charge is 0.176 e. The largest absolute Gasteiger partial charge is 0.505 e. The van der Waals surface area contributed by atoms with Crippen LogP contribution in [0.15, 0.2) is 12.3 Å². The van der Waals surface area contributed by atoms with Crippen LogP contribution in [-0.4, -0.2) is 28.5 Å². The Kier molecular flexibility index (Phi) is 2.26. The van der Waals surface area contributed by atoms with Crippen molar-refractivity contribution in [1.29, 1.82) is 0 Å². The van der Waals surface area contributed by atoms with Crippen molar-refractivity contribution in [2.45, 2.75) is 0 Å². The van der Waals surface area contributed by atoms with Crippen molar-refractivity contribution in [2.24, 2.45) is 0 Å². The van der Waals surface area contributed by atoms with Gasteiger partial charge in [-0.2, -0.15) is 5.10 Å². The van der Waals surface area contributed by atoms with Crippen LogP contribution >= 0.6 is 0 Å². The molecule has 0 amide bonds. The van der Waals surface area contributed by atoms with Crippen molar-refractivity contribution >= 4 is 5.82 Å². The lowest BCUT2D eigenvalue weighted by Gasteiger charge is -2.21. The summed E-state index contributed by atoms with van der Waals surface area (Å²) in [4.78, 5) is 0. The van der Waals surface area contributed by atoms with E-state index < -0.39 is 11.6 Å². The third-order valence-electron chi connectivity index (χ3n) is 2.69. The number of nitrogens with zero attached hydrogens (tertiary/aromatic N) is 1. The van der Waals surface area contributed by atoms with Crippen molar-refractivity contribution in [3.8, 4) is 28.4 Å². The first-order valence-electron chi connectivity index (χ1n) is 5.28. The second-order valence-corrected chi connectivity index (χ2v) is 3.81. The van der Waals surface area contributed by atoms with Gasteiger partial charge in [0.15, 0.2) is 23.1 Å². The highest BCUT2D eigenvalue weighted by Crippen LogP contribution is 2.46. The van der Waals surface area contributed by atoms with Crippen LogP contribution in [0.3, 0.4) is 0 Å². The van der Waals surface area contributed by atoms with Gasteiger partial charge in [0.2, 0.25) is 0 Å². The topological polar surface area (TPSA) is 93.4 Å². The van der Waals surface area contributed by atoms with Gasteiger partial charge >= 0.3 is 0 Å². The van der Waals surface area contributed by atoms with E-state index in [9.17, 15) is 9.50 Å². The lowest BCUT2D eigenvalue weighted by Crippen LogP contribution is -2.16. The minimum absolute atomic E-state index is 0.0518. The SMILES string of the molecule is Nc1[nH]ncc1-c1c(F)c(O)cc2c1OCCO2. The standard InChI is InChI=1S/C11H10FN3O3/c12-9-6(16)3-7-10(18-2-1-17-7)8(9)5-4-14-15-11(5)13/h3-4,16H,1-2H2,(H3,13,14,15). The molecule has 1 aliphatic rings. The van der Waals surface area contributed by atoms with Crippen molar-refractivity contribution in [2.75, 3.05) is 18.9 Å². The fourth-order valence-electron chi connectivity index (χ4n) is 1.89. The van der Waals surface area contributed by atoms with Gasteiger partial charge < -0.3 is 20.3 Å². The average molecular weight is 251 g/mol. The number of fused-ring (bicyclic) bond motifs is 1. The predicted octanol–water partition coefficient (Wildman–Crippen LogP) is 1.27. The van der Waals surface area contributed by atoms with E-state index in [1.54, 1.807) is 0 Å². The number of nitrogens with two attached hydrogens (primary N) is 1. The Balaban J connectivity index is 2.30. The molecule has 1 aromatic carbocycles. The lowest BCUT2D eigenvalue weighted by atomic mass is 10.0. The Morgan fingerprint density at radius 3 is 2.89 bits per heavy atom. The molecule has 0 bridgehead atoms. The molecular weight excluding hydrogens is 241 g/mol. The first-order chi connectivity index (χ1) is 8.68. The Labute approximate surface area is 101 Å². The van der Waals surface area contributed by atoms with E-state index in [0.29, 0.717) is 18.8 Å². The molecule has 3 rings (SSSR count). The Morgan fingerprint density at radius 2 is 2.17 bits per heavy atom. The van der Waals surface area contributed by atoms with E-state index in [-0.39, 0.29) is 22.9 Å². The molecule has 0 saturated heterocycles. The molecule has 0 aliphatic carbocycles. The van der Waals surface area contributed by atoms with E-state index in [0.717, 1.165) is 0 Å². The minimum Gasteiger partial charge on any atom is -0.505 e. The molecule has 0 spiro atoms. The zero-order chi connectivity index (χ0) is 12.7. The van der Waals surface area contributed by atoms with Gasteiger partial charge in [0.1, 0.15) is 19.0 Å². The number of rotatable bonds is 1. The van der Waals surface area contributed by atoms with Crippen LogP contribution in [0, 0.1) is 5.82 Å². The molecule has 7 heteroatoms. The van der Waals surface area contributed by atoms with Gasteiger partial charge in [-0.25, -0.2) is 4.39 Å². The molecule has 0 saturated carbocycles. The fourth-order valence-corrected chi connectivity index (χ4v) is 1.89. The molecule has 2 aromatic rings. The molecule has 4 N–H and O–H groups in total. The molecule has 0 fully saturated rings. The zero-order valence-electron chi connectivity index (χ0n) is 9.24. The van der Waals surface area contributed by atoms with Crippen molar-refractivity contribution in [3.05, 3.63) is 18.1 Å². The van der Waals surface area contributed by atoms with E-state index in [1.165, 1.54) is 12.3 Å². The van der Waals surface area contributed by atoms with Gasteiger partial charge in [-0.1, -0.05) is 0 Å². The van der Waals surface area contributed by atoms with Gasteiger partial charge in [-0.3, -0.25) is 5.10 Å². The number of ether oxygens (including phenoxy) is 2. The number of nitrogen functional groups attached to an aromatic ring is 1. The number of anilines is 1. The highest BCUT2D eigenvalue weighted by atomic mass is 19.1. The summed E-state index contributed by atoms with van der Waals surface area (Å²) in [5, 5.41) is 15.8. The summed E-state index contributed by atoms with van der Waals surface area (Å²) < 4.78 is 24.8. The van der Waals surface area contributed by atoms with E-state index >= 15 is 0 Å². The quantitative estimate of drug-likeness (QED) is 0.709. The summed E-state index contributed by atoms with van der Waals surface area (Å²) in [6, 6.07) is 1.18. The first-order valence-corrected chi connectivity index (χ1v) is 5.28. The Morgan fingerprint density at radius 1 is 1.39 bits per heavy atom. The van der Waals surface area contributed by atoms with Crippen LogP contribution in [0.2, 0.25) is 0 Å². The number of phenolic OH excluding ortho intramolecular Hbond substituents is 1. The summed E-state index contributed by atoms with van der Waals surface area (Å²) >= 11 is 0. The highest BCUT2D eigenvalue weighted by molar-refractivity contribution is 5.82. The van der Waals surface area contributed by atoms with Gasteiger partial charge in [-0.15, -0.1) is 0 Å². The maximum absolute atomic E-state index is 14.1. The number of benzene rings is 1. The van der Waals surface area contributed by atoms with Crippen molar-refractivity contribution < 1.29 is 19.0 Å². The summed E-state index contributed by atoms with van der Waals surface area (Å²) in [5.74, 6) is -0.626. The fraction of sp³-hybridized carbons (Fsp3) is 0.182. The second-order valence-electron chi connectivity index (χ2n) is 3.81. The molecule has 1 aromatic heterocycles. The highest BCUT2D eigenvalue weighted by Gasteiger charge is 2.26. The third kappa shape index (κ3) is 1.44. The number of hydrogen-bond donors (Lipinski definition) is 3. The molecule has 0 radical (unpaired) electrons. The minimum atomic E-state index is -0.813. The average Bonchev–Trinajstić information content (AvgIpc) is 2.77. The van der Waals surface area contributed by atoms with Crippen LogP contribution in [0.1, 0.15) is 0 Å².